The highest BCUT2D eigenvalue weighted by Gasteiger charge is 2.11. The zero-order chi connectivity index (χ0) is 21.4. The fourth-order valence-electron chi connectivity index (χ4n) is 4.28. The molecule has 0 saturated carbocycles. The summed E-state index contributed by atoms with van der Waals surface area (Å²) >= 11 is 0. The van der Waals surface area contributed by atoms with Gasteiger partial charge in [-0.1, -0.05) is 142 Å². The predicted molar refractivity (Wildman–Crippen MR) is 130 cm³/mol. The van der Waals surface area contributed by atoms with E-state index in [9.17, 15) is 10.2 Å². The van der Waals surface area contributed by atoms with Gasteiger partial charge >= 0.3 is 0 Å². The van der Waals surface area contributed by atoms with Crippen LogP contribution in [0.1, 0.15) is 162 Å². The summed E-state index contributed by atoms with van der Waals surface area (Å²) in [5.41, 5.74) is 0. The zero-order valence-corrected chi connectivity index (χ0v) is 20.3. The Morgan fingerprint density at radius 1 is 0.379 bits per heavy atom. The Morgan fingerprint density at radius 3 is 0.966 bits per heavy atom. The summed E-state index contributed by atoms with van der Waals surface area (Å²) < 4.78 is 0. The van der Waals surface area contributed by atoms with Crippen LogP contribution in [-0.4, -0.2) is 22.4 Å². The summed E-state index contributed by atoms with van der Waals surface area (Å²) in [4.78, 5) is 0. The molecule has 0 heterocycles. The van der Waals surface area contributed by atoms with E-state index in [4.69, 9.17) is 0 Å². The highest BCUT2D eigenvalue weighted by molar-refractivity contribution is 4.64. The molecule has 2 atom stereocenters. The molecular weight excluding hydrogens is 356 g/mol. The van der Waals surface area contributed by atoms with Crippen molar-refractivity contribution in [2.24, 2.45) is 0 Å². The van der Waals surface area contributed by atoms with Crippen molar-refractivity contribution in [1.29, 1.82) is 0 Å². The first-order valence-corrected chi connectivity index (χ1v) is 13.6. The fourth-order valence-corrected chi connectivity index (χ4v) is 4.28. The number of aliphatic hydroxyl groups excluding tert-OH is 2. The third-order valence-corrected chi connectivity index (χ3v) is 6.33. The average molecular weight is 413 g/mol. The van der Waals surface area contributed by atoms with Gasteiger partial charge in [-0.25, -0.2) is 0 Å². The molecule has 2 nitrogen and oxygen atoms in total. The third kappa shape index (κ3) is 24.1. The minimum atomic E-state index is -0.303. The van der Waals surface area contributed by atoms with E-state index in [0.29, 0.717) is 6.42 Å². The summed E-state index contributed by atoms with van der Waals surface area (Å²) in [6, 6.07) is 0. The van der Waals surface area contributed by atoms with E-state index >= 15 is 0 Å². The molecule has 0 aliphatic heterocycles. The molecule has 0 fully saturated rings. The molecule has 0 aromatic heterocycles. The van der Waals surface area contributed by atoms with Gasteiger partial charge in [0.25, 0.3) is 0 Å². The SMILES string of the molecule is CCCCCCCCCCCCCCCCCCC[C@H](O)C[C@H](O)CCCCC. The summed E-state index contributed by atoms with van der Waals surface area (Å²) in [5.74, 6) is 0. The van der Waals surface area contributed by atoms with Gasteiger partial charge < -0.3 is 10.2 Å². The average Bonchev–Trinajstić information content (AvgIpc) is 2.70. The first-order chi connectivity index (χ1) is 14.2. The Kier molecular flexibility index (Phi) is 24.1. The van der Waals surface area contributed by atoms with Crippen LogP contribution in [0, 0.1) is 0 Å². The molecule has 0 unspecified atom stereocenters. The van der Waals surface area contributed by atoms with Gasteiger partial charge in [-0.2, -0.15) is 0 Å². The second kappa shape index (κ2) is 24.2. The molecule has 0 spiro atoms. The second-order valence-electron chi connectivity index (χ2n) is 9.48. The highest BCUT2D eigenvalue weighted by Crippen LogP contribution is 2.16. The van der Waals surface area contributed by atoms with Gasteiger partial charge in [-0.15, -0.1) is 0 Å². The van der Waals surface area contributed by atoms with Crippen molar-refractivity contribution in [2.45, 2.75) is 174 Å². The molecule has 2 N–H and O–H groups in total. The van der Waals surface area contributed by atoms with Crippen LogP contribution in [0.4, 0.5) is 0 Å². The second-order valence-corrected chi connectivity index (χ2v) is 9.48. The van der Waals surface area contributed by atoms with Crippen molar-refractivity contribution in [1.82, 2.24) is 0 Å². The lowest BCUT2D eigenvalue weighted by Crippen LogP contribution is -2.17. The lowest BCUT2D eigenvalue weighted by atomic mass is 10.00. The molecule has 176 valence electrons. The molecule has 0 aliphatic carbocycles. The maximum atomic E-state index is 10.0. The van der Waals surface area contributed by atoms with Gasteiger partial charge in [-0.3, -0.25) is 0 Å². The molecule has 2 heteroatoms. The van der Waals surface area contributed by atoms with Crippen LogP contribution in [-0.2, 0) is 0 Å². The smallest absolute Gasteiger partial charge is 0.0564 e. The number of hydrogen-bond donors (Lipinski definition) is 2. The molecule has 0 radical (unpaired) electrons. The first-order valence-electron chi connectivity index (χ1n) is 13.6. The van der Waals surface area contributed by atoms with Gasteiger partial charge in [-0.05, 0) is 19.3 Å². The molecule has 0 aromatic carbocycles. The van der Waals surface area contributed by atoms with E-state index in [1.807, 2.05) is 0 Å². The quantitative estimate of drug-likeness (QED) is 0.156. The summed E-state index contributed by atoms with van der Waals surface area (Å²) in [5, 5.41) is 20.0. The molecule has 0 aliphatic rings. The van der Waals surface area contributed by atoms with Crippen LogP contribution in [0.2, 0.25) is 0 Å². The lowest BCUT2D eigenvalue weighted by Gasteiger charge is -2.15. The topological polar surface area (TPSA) is 40.5 Å². The van der Waals surface area contributed by atoms with Crippen molar-refractivity contribution in [3.63, 3.8) is 0 Å². The van der Waals surface area contributed by atoms with E-state index in [1.54, 1.807) is 0 Å². The first kappa shape index (κ1) is 28.9. The Bertz CT molecular complexity index is 292. The number of aliphatic hydroxyl groups is 2. The Morgan fingerprint density at radius 2 is 0.621 bits per heavy atom. The van der Waals surface area contributed by atoms with E-state index in [-0.39, 0.29) is 12.2 Å². The van der Waals surface area contributed by atoms with E-state index in [1.165, 1.54) is 116 Å². The standard InChI is InChI=1S/C27H56O2/c1-3-5-7-8-9-10-11-12-13-14-15-16-17-18-19-20-22-24-27(29)25-26(28)23-21-6-4-2/h26-29H,3-25H2,1-2H3/t26-,27+/m1/s1. The molecule has 0 saturated heterocycles. The van der Waals surface area contributed by atoms with Crippen molar-refractivity contribution in [3.8, 4) is 0 Å². The molecule has 0 rings (SSSR count). The van der Waals surface area contributed by atoms with Gasteiger partial charge in [0.15, 0.2) is 0 Å². The molecule has 0 bridgehead atoms. The van der Waals surface area contributed by atoms with Crippen molar-refractivity contribution in [3.05, 3.63) is 0 Å². The summed E-state index contributed by atoms with van der Waals surface area (Å²) in [7, 11) is 0. The maximum absolute atomic E-state index is 10.0. The summed E-state index contributed by atoms with van der Waals surface area (Å²) in [6.07, 6.45) is 28.7. The van der Waals surface area contributed by atoms with Crippen LogP contribution in [0.25, 0.3) is 0 Å². The van der Waals surface area contributed by atoms with Crippen molar-refractivity contribution < 1.29 is 10.2 Å². The Labute approximate surface area is 184 Å². The van der Waals surface area contributed by atoms with Crippen LogP contribution in [0.15, 0.2) is 0 Å². The zero-order valence-electron chi connectivity index (χ0n) is 20.3. The van der Waals surface area contributed by atoms with E-state index in [2.05, 4.69) is 13.8 Å². The number of rotatable bonds is 24. The minimum absolute atomic E-state index is 0.303. The normalized spacial score (nSPS) is 13.7. The largest absolute Gasteiger partial charge is 0.393 e. The van der Waals surface area contributed by atoms with Crippen LogP contribution >= 0.6 is 0 Å². The van der Waals surface area contributed by atoms with Gasteiger partial charge in [0.05, 0.1) is 12.2 Å². The van der Waals surface area contributed by atoms with Gasteiger partial charge in [0, 0.05) is 0 Å². The van der Waals surface area contributed by atoms with Crippen molar-refractivity contribution in [2.75, 3.05) is 0 Å². The van der Waals surface area contributed by atoms with Crippen LogP contribution in [0.5, 0.6) is 0 Å². The number of unbranched alkanes of at least 4 members (excludes halogenated alkanes) is 18. The predicted octanol–water partition coefficient (Wildman–Crippen LogP) is 8.72. The van der Waals surface area contributed by atoms with Crippen LogP contribution < -0.4 is 0 Å². The monoisotopic (exact) mass is 412 g/mol. The van der Waals surface area contributed by atoms with E-state index in [0.717, 1.165) is 25.7 Å². The molecule has 29 heavy (non-hydrogen) atoms. The number of hydrogen-bond acceptors (Lipinski definition) is 2. The van der Waals surface area contributed by atoms with Gasteiger partial charge in [0.2, 0.25) is 0 Å². The highest BCUT2D eigenvalue weighted by atomic mass is 16.3. The van der Waals surface area contributed by atoms with Crippen molar-refractivity contribution >= 4 is 0 Å². The summed E-state index contributed by atoms with van der Waals surface area (Å²) in [6.45, 7) is 4.47. The lowest BCUT2D eigenvalue weighted by molar-refractivity contribution is 0.0681. The van der Waals surface area contributed by atoms with Gasteiger partial charge in [0.1, 0.15) is 0 Å². The Hall–Kier alpha value is -0.0800. The van der Waals surface area contributed by atoms with E-state index < -0.39 is 0 Å². The molecule has 0 aromatic rings. The molecule has 0 amide bonds. The van der Waals surface area contributed by atoms with Crippen LogP contribution in [0.3, 0.4) is 0 Å². The fraction of sp³-hybridized carbons (Fsp3) is 1.00. The Balaban J connectivity index is 3.18. The molecular formula is C27H56O2. The third-order valence-electron chi connectivity index (χ3n) is 6.33. The minimum Gasteiger partial charge on any atom is -0.393 e. The maximum Gasteiger partial charge on any atom is 0.0564 e.